The summed E-state index contributed by atoms with van der Waals surface area (Å²) in [5.74, 6) is 1.66. The summed E-state index contributed by atoms with van der Waals surface area (Å²) in [5, 5.41) is 0. The van der Waals surface area contributed by atoms with Crippen LogP contribution in [-0.4, -0.2) is 68.8 Å². The molecule has 3 aliphatic rings. The van der Waals surface area contributed by atoms with Crippen molar-refractivity contribution in [3.63, 3.8) is 0 Å². The Morgan fingerprint density at radius 3 is 2.44 bits per heavy atom. The van der Waals surface area contributed by atoms with Crippen molar-refractivity contribution in [2.75, 3.05) is 40.9 Å². The number of piperidine rings is 1. The molecule has 27 heavy (non-hydrogen) atoms. The molecule has 0 amide bonds. The van der Waals surface area contributed by atoms with E-state index in [0.717, 1.165) is 24.3 Å². The van der Waals surface area contributed by atoms with Crippen LogP contribution in [0, 0.1) is 0 Å². The molecule has 1 aliphatic carbocycles. The largest absolute Gasteiger partial charge is 0.493 e. The lowest BCUT2D eigenvalue weighted by molar-refractivity contribution is 0.0703. The van der Waals surface area contributed by atoms with Crippen LogP contribution in [0.2, 0.25) is 0 Å². The van der Waals surface area contributed by atoms with Crippen molar-refractivity contribution in [1.29, 1.82) is 0 Å². The van der Waals surface area contributed by atoms with Gasteiger partial charge in [-0.25, -0.2) is 0 Å². The molecule has 1 saturated carbocycles. The van der Waals surface area contributed by atoms with Gasteiger partial charge in [-0.1, -0.05) is 6.07 Å². The molecule has 2 heterocycles. The van der Waals surface area contributed by atoms with Gasteiger partial charge in [0.15, 0.2) is 11.5 Å². The zero-order valence-corrected chi connectivity index (χ0v) is 17.1. The molecule has 0 radical (unpaired) electrons. The van der Waals surface area contributed by atoms with Crippen LogP contribution in [0.5, 0.6) is 11.5 Å². The van der Waals surface area contributed by atoms with Crippen molar-refractivity contribution < 1.29 is 9.47 Å². The number of ether oxygens (including phenoxy) is 2. The summed E-state index contributed by atoms with van der Waals surface area (Å²) < 4.78 is 11.1. The first kappa shape index (κ1) is 19.0. The molecule has 0 bridgehead atoms. The summed E-state index contributed by atoms with van der Waals surface area (Å²) >= 11 is 0. The Balaban J connectivity index is 1.65. The van der Waals surface area contributed by atoms with Crippen molar-refractivity contribution in [3.8, 4) is 11.5 Å². The summed E-state index contributed by atoms with van der Waals surface area (Å²) in [5.41, 5.74) is 8.08. The Hall–Kier alpha value is -1.30. The fraction of sp³-hybridized carbons (Fsp3) is 0.727. The SMILES string of the molecule is COc1ccc([C@@]23CC[C@H](N)C[C@H]2N(C2CCN(C)CC2)CC3)cc1OC. The average Bonchev–Trinajstić information content (AvgIpc) is 3.08. The molecule has 2 N–H and O–H groups in total. The van der Waals surface area contributed by atoms with Crippen molar-refractivity contribution >= 4 is 0 Å². The van der Waals surface area contributed by atoms with Gasteiger partial charge in [-0.05, 0) is 82.9 Å². The highest BCUT2D eigenvalue weighted by atomic mass is 16.5. The van der Waals surface area contributed by atoms with Crippen molar-refractivity contribution in [1.82, 2.24) is 9.80 Å². The molecule has 5 heteroatoms. The summed E-state index contributed by atoms with van der Waals surface area (Å²) in [6.45, 7) is 3.62. The highest BCUT2D eigenvalue weighted by Gasteiger charge is 2.52. The molecule has 0 spiro atoms. The molecular formula is C22H35N3O2. The van der Waals surface area contributed by atoms with Crippen molar-refractivity contribution in [2.45, 2.75) is 62.1 Å². The number of likely N-dealkylation sites (tertiary alicyclic amines) is 2. The minimum atomic E-state index is 0.207. The quantitative estimate of drug-likeness (QED) is 0.879. The molecule has 4 rings (SSSR count). The van der Waals surface area contributed by atoms with Gasteiger partial charge in [0.05, 0.1) is 14.2 Å². The number of fused-ring (bicyclic) bond motifs is 1. The second-order valence-electron chi connectivity index (χ2n) is 8.80. The zero-order chi connectivity index (χ0) is 19.0. The normalized spacial score (nSPS) is 33.0. The molecule has 3 fully saturated rings. The van der Waals surface area contributed by atoms with E-state index in [9.17, 15) is 0 Å². The van der Waals surface area contributed by atoms with Gasteiger partial charge in [-0.15, -0.1) is 0 Å². The lowest BCUT2D eigenvalue weighted by Gasteiger charge is -2.47. The minimum Gasteiger partial charge on any atom is -0.493 e. The van der Waals surface area contributed by atoms with Crippen LogP contribution in [-0.2, 0) is 5.41 Å². The summed E-state index contributed by atoms with van der Waals surface area (Å²) in [6, 6.07) is 8.15. The number of benzene rings is 1. The van der Waals surface area contributed by atoms with E-state index >= 15 is 0 Å². The first-order valence-electron chi connectivity index (χ1n) is 10.5. The van der Waals surface area contributed by atoms with Crippen LogP contribution in [0.15, 0.2) is 18.2 Å². The standard InChI is InChI=1S/C22H35N3O2/c1-24-11-7-18(8-12-24)25-13-10-22(9-6-17(23)15-21(22)25)16-4-5-19(26-2)20(14-16)27-3/h4-5,14,17-18,21H,6-13,15,23H2,1-3H3/t17-,21+,22-/m0/s1. The van der Waals surface area contributed by atoms with E-state index in [-0.39, 0.29) is 5.41 Å². The number of hydrogen-bond donors (Lipinski definition) is 1. The van der Waals surface area contributed by atoms with Crippen molar-refractivity contribution in [3.05, 3.63) is 23.8 Å². The Morgan fingerprint density at radius 1 is 1.00 bits per heavy atom. The van der Waals surface area contributed by atoms with Gasteiger partial charge < -0.3 is 20.1 Å². The molecule has 1 aromatic rings. The second-order valence-corrected chi connectivity index (χ2v) is 8.80. The molecule has 5 nitrogen and oxygen atoms in total. The lowest BCUT2D eigenvalue weighted by atomic mass is 9.65. The van der Waals surface area contributed by atoms with Crippen LogP contribution in [0.25, 0.3) is 0 Å². The fourth-order valence-electron chi connectivity index (χ4n) is 5.86. The van der Waals surface area contributed by atoms with Crippen LogP contribution >= 0.6 is 0 Å². The summed E-state index contributed by atoms with van der Waals surface area (Å²) in [7, 11) is 5.67. The molecule has 2 saturated heterocycles. The maximum absolute atomic E-state index is 6.46. The highest BCUT2D eigenvalue weighted by Crippen LogP contribution is 2.51. The number of rotatable bonds is 4. The number of nitrogens with zero attached hydrogens (tertiary/aromatic N) is 2. The van der Waals surface area contributed by atoms with E-state index in [1.807, 2.05) is 0 Å². The number of hydrogen-bond acceptors (Lipinski definition) is 5. The van der Waals surface area contributed by atoms with E-state index < -0.39 is 0 Å². The van der Waals surface area contributed by atoms with E-state index in [2.05, 4.69) is 35.0 Å². The second kappa shape index (κ2) is 7.61. The van der Waals surface area contributed by atoms with E-state index in [4.69, 9.17) is 15.2 Å². The average molecular weight is 374 g/mol. The van der Waals surface area contributed by atoms with Crippen molar-refractivity contribution in [2.24, 2.45) is 5.73 Å². The predicted molar refractivity (Wildman–Crippen MR) is 109 cm³/mol. The van der Waals surface area contributed by atoms with Gasteiger partial charge in [0, 0.05) is 23.5 Å². The summed E-state index contributed by atoms with van der Waals surface area (Å²) in [6.07, 6.45) is 7.20. The maximum Gasteiger partial charge on any atom is 0.161 e. The van der Waals surface area contributed by atoms with Gasteiger partial charge >= 0.3 is 0 Å². The van der Waals surface area contributed by atoms with Crippen LogP contribution < -0.4 is 15.2 Å². The fourth-order valence-corrected chi connectivity index (χ4v) is 5.86. The molecule has 0 unspecified atom stereocenters. The topological polar surface area (TPSA) is 51.0 Å². The Morgan fingerprint density at radius 2 is 1.74 bits per heavy atom. The number of methoxy groups -OCH3 is 2. The van der Waals surface area contributed by atoms with Gasteiger partial charge in [-0.2, -0.15) is 0 Å². The molecule has 2 aliphatic heterocycles. The third kappa shape index (κ3) is 3.34. The molecule has 3 atom stereocenters. The minimum absolute atomic E-state index is 0.207. The smallest absolute Gasteiger partial charge is 0.161 e. The Kier molecular flexibility index (Phi) is 5.36. The lowest BCUT2D eigenvalue weighted by Crippen LogP contribution is -2.54. The number of nitrogens with two attached hydrogens (primary N) is 1. The Labute approximate surface area is 163 Å². The third-order valence-corrected chi connectivity index (χ3v) is 7.46. The van der Waals surface area contributed by atoms with Gasteiger partial charge in [-0.3, -0.25) is 4.90 Å². The first-order chi connectivity index (χ1) is 13.1. The van der Waals surface area contributed by atoms with Gasteiger partial charge in [0.1, 0.15) is 0 Å². The zero-order valence-electron chi connectivity index (χ0n) is 17.1. The molecule has 1 aromatic carbocycles. The molecule has 150 valence electrons. The Bertz CT molecular complexity index is 659. The van der Waals surface area contributed by atoms with E-state index in [1.54, 1.807) is 14.2 Å². The highest BCUT2D eigenvalue weighted by molar-refractivity contribution is 5.46. The predicted octanol–water partition coefficient (Wildman–Crippen LogP) is 2.62. The van der Waals surface area contributed by atoms with Gasteiger partial charge in [0.2, 0.25) is 0 Å². The van der Waals surface area contributed by atoms with E-state index in [1.165, 1.54) is 50.9 Å². The maximum atomic E-state index is 6.46. The first-order valence-corrected chi connectivity index (χ1v) is 10.5. The van der Waals surface area contributed by atoms with Crippen LogP contribution in [0.4, 0.5) is 0 Å². The molecular weight excluding hydrogens is 338 g/mol. The van der Waals surface area contributed by atoms with Gasteiger partial charge in [0.25, 0.3) is 0 Å². The molecule has 0 aromatic heterocycles. The van der Waals surface area contributed by atoms with Crippen LogP contribution in [0.1, 0.15) is 44.1 Å². The van der Waals surface area contributed by atoms with E-state index in [0.29, 0.717) is 18.1 Å². The third-order valence-electron chi connectivity index (χ3n) is 7.46. The summed E-state index contributed by atoms with van der Waals surface area (Å²) in [4.78, 5) is 5.28. The van der Waals surface area contributed by atoms with Crippen LogP contribution in [0.3, 0.4) is 0 Å². The monoisotopic (exact) mass is 373 g/mol.